The van der Waals surface area contributed by atoms with Crippen LogP contribution in [0.1, 0.15) is 28.1 Å². The number of hydrogen-bond acceptors (Lipinski definition) is 9. The zero-order valence-corrected chi connectivity index (χ0v) is 16.3. The molecule has 0 radical (unpaired) electrons. The molecule has 0 N–H and O–H groups in total. The standard InChI is InChI=1S/C18H16N4O3S2/c1-11-4-3-5-13(6-11)24-8-16-21-22-18(25-16)27-10-15(23)14(7-19)17-20-12(2)9-26-17/h3-6,9,14H,8,10H2,1-2H3/t14-/m1/s1. The number of hydrogen-bond donors (Lipinski definition) is 0. The summed E-state index contributed by atoms with van der Waals surface area (Å²) in [6.45, 7) is 3.95. The number of aromatic nitrogens is 3. The SMILES string of the molecule is Cc1cccc(OCc2nnc(SCC(=O)[C@@H](C#N)c3nc(C)cs3)o2)c1. The number of carbonyl (C=O) groups is 1. The van der Waals surface area contributed by atoms with E-state index >= 15 is 0 Å². The van der Waals surface area contributed by atoms with Crippen LogP contribution in [-0.4, -0.2) is 26.7 Å². The van der Waals surface area contributed by atoms with Crippen molar-refractivity contribution >= 4 is 28.9 Å². The second kappa shape index (κ2) is 8.79. The summed E-state index contributed by atoms with van der Waals surface area (Å²) in [5, 5.41) is 19.7. The molecule has 0 fully saturated rings. The average Bonchev–Trinajstić information content (AvgIpc) is 3.28. The molecule has 138 valence electrons. The lowest BCUT2D eigenvalue weighted by atomic mass is 10.1. The first-order valence-electron chi connectivity index (χ1n) is 8.04. The number of Topliss-reactive ketones (excluding diaryl/α,β-unsaturated/α-hetero) is 1. The van der Waals surface area contributed by atoms with E-state index in [1.807, 2.05) is 49.6 Å². The van der Waals surface area contributed by atoms with Crippen molar-refractivity contribution in [3.05, 3.63) is 51.8 Å². The van der Waals surface area contributed by atoms with E-state index in [1.165, 1.54) is 11.3 Å². The number of thioether (sulfide) groups is 1. The minimum Gasteiger partial charge on any atom is -0.484 e. The Labute approximate surface area is 164 Å². The lowest BCUT2D eigenvalue weighted by Crippen LogP contribution is -2.13. The van der Waals surface area contributed by atoms with E-state index in [1.54, 1.807) is 0 Å². The Morgan fingerprint density at radius 3 is 2.96 bits per heavy atom. The fraction of sp³-hybridized carbons (Fsp3) is 0.278. The van der Waals surface area contributed by atoms with Gasteiger partial charge < -0.3 is 9.15 Å². The monoisotopic (exact) mass is 400 g/mol. The van der Waals surface area contributed by atoms with Gasteiger partial charge in [-0.25, -0.2) is 4.98 Å². The first-order chi connectivity index (χ1) is 13.0. The van der Waals surface area contributed by atoms with Gasteiger partial charge in [0.1, 0.15) is 10.8 Å². The Morgan fingerprint density at radius 2 is 2.26 bits per heavy atom. The Kier molecular flexibility index (Phi) is 6.21. The lowest BCUT2D eigenvalue weighted by molar-refractivity contribution is -0.116. The minimum absolute atomic E-state index is 0.0528. The van der Waals surface area contributed by atoms with Crippen molar-refractivity contribution in [1.82, 2.24) is 15.2 Å². The predicted octanol–water partition coefficient (Wildman–Crippen LogP) is 3.69. The number of nitriles is 1. The predicted molar refractivity (Wildman–Crippen MR) is 101 cm³/mol. The van der Waals surface area contributed by atoms with E-state index in [9.17, 15) is 10.1 Å². The topological polar surface area (TPSA) is 102 Å². The molecule has 1 atom stereocenters. The number of rotatable bonds is 8. The number of carbonyl (C=O) groups excluding carboxylic acids is 1. The third-order valence-electron chi connectivity index (χ3n) is 3.47. The van der Waals surface area contributed by atoms with Crippen LogP contribution in [0, 0.1) is 25.2 Å². The van der Waals surface area contributed by atoms with Crippen molar-refractivity contribution in [3.63, 3.8) is 0 Å². The second-order valence-corrected chi connectivity index (χ2v) is 7.53. The van der Waals surface area contributed by atoms with Crippen LogP contribution >= 0.6 is 23.1 Å². The summed E-state index contributed by atoms with van der Waals surface area (Å²) in [7, 11) is 0. The van der Waals surface area contributed by atoms with Crippen LogP contribution < -0.4 is 4.74 Å². The van der Waals surface area contributed by atoms with E-state index in [0.29, 0.717) is 16.6 Å². The number of aryl methyl sites for hydroxylation is 2. The highest BCUT2D eigenvalue weighted by atomic mass is 32.2. The Bertz CT molecular complexity index is 977. The summed E-state index contributed by atoms with van der Waals surface area (Å²) in [6, 6.07) is 9.65. The van der Waals surface area contributed by atoms with E-state index in [0.717, 1.165) is 23.0 Å². The maximum absolute atomic E-state index is 12.3. The average molecular weight is 400 g/mol. The van der Waals surface area contributed by atoms with Gasteiger partial charge >= 0.3 is 0 Å². The molecule has 0 saturated carbocycles. The molecule has 3 rings (SSSR count). The highest BCUT2D eigenvalue weighted by Gasteiger charge is 2.24. The summed E-state index contributed by atoms with van der Waals surface area (Å²) in [5.41, 5.74) is 1.89. The molecular formula is C18H16N4O3S2. The molecule has 0 bridgehead atoms. The van der Waals surface area contributed by atoms with E-state index in [2.05, 4.69) is 15.2 Å². The third-order valence-corrected chi connectivity index (χ3v) is 5.34. The summed E-state index contributed by atoms with van der Waals surface area (Å²) >= 11 is 2.41. The molecule has 0 unspecified atom stereocenters. The summed E-state index contributed by atoms with van der Waals surface area (Å²) < 4.78 is 11.1. The number of nitrogens with zero attached hydrogens (tertiary/aromatic N) is 4. The van der Waals surface area contributed by atoms with Crippen LogP contribution in [0.2, 0.25) is 0 Å². The van der Waals surface area contributed by atoms with Gasteiger partial charge in [0.15, 0.2) is 18.3 Å². The van der Waals surface area contributed by atoms with Gasteiger partial charge in [-0.3, -0.25) is 4.79 Å². The highest BCUT2D eigenvalue weighted by molar-refractivity contribution is 7.99. The Balaban J connectivity index is 1.53. The van der Waals surface area contributed by atoms with Crippen LogP contribution in [-0.2, 0) is 11.4 Å². The third kappa shape index (κ3) is 5.15. The van der Waals surface area contributed by atoms with Crippen molar-refractivity contribution in [3.8, 4) is 11.8 Å². The van der Waals surface area contributed by atoms with Gasteiger partial charge in [0.2, 0.25) is 0 Å². The van der Waals surface area contributed by atoms with Gasteiger partial charge in [-0.15, -0.1) is 21.5 Å². The number of benzene rings is 1. The molecule has 2 aromatic heterocycles. The van der Waals surface area contributed by atoms with Gasteiger partial charge in [0.05, 0.1) is 11.8 Å². The van der Waals surface area contributed by atoms with Crippen molar-refractivity contribution in [2.24, 2.45) is 0 Å². The van der Waals surface area contributed by atoms with Gasteiger partial charge in [-0.2, -0.15) is 5.26 Å². The molecule has 0 amide bonds. The second-order valence-electron chi connectivity index (χ2n) is 5.71. The van der Waals surface area contributed by atoms with Gasteiger partial charge in [0.25, 0.3) is 11.1 Å². The van der Waals surface area contributed by atoms with Crippen LogP contribution in [0.5, 0.6) is 5.75 Å². The van der Waals surface area contributed by atoms with E-state index < -0.39 is 5.92 Å². The van der Waals surface area contributed by atoms with E-state index in [4.69, 9.17) is 9.15 Å². The number of ether oxygens (including phenoxy) is 1. The van der Waals surface area contributed by atoms with E-state index in [-0.39, 0.29) is 23.4 Å². The van der Waals surface area contributed by atoms with Crippen molar-refractivity contribution in [1.29, 1.82) is 5.26 Å². The lowest BCUT2D eigenvalue weighted by Gasteiger charge is -2.04. The van der Waals surface area contributed by atoms with Crippen LogP contribution in [0.3, 0.4) is 0 Å². The Morgan fingerprint density at radius 1 is 1.41 bits per heavy atom. The zero-order valence-electron chi connectivity index (χ0n) is 14.7. The Hall–Kier alpha value is -2.70. The van der Waals surface area contributed by atoms with Gasteiger partial charge in [-0.05, 0) is 31.5 Å². The molecule has 0 aliphatic heterocycles. The molecule has 3 aromatic rings. The van der Waals surface area contributed by atoms with Crippen molar-refractivity contribution in [2.45, 2.75) is 31.6 Å². The fourth-order valence-corrected chi connectivity index (χ4v) is 3.74. The summed E-state index contributed by atoms with van der Waals surface area (Å²) in [4.78, 5) is 16.5. The highest BCUT2D eigenvalue weighted by Crippen LogP contribution is 2.24. The molecule has 27 heavy (non-hydrogen) atoms. The molecule has 9 heteroatoms. The first kappa shape index (κ1) is 19.1. The number of thiazole rings is 1. The minimum atomic E-state index is -0.872. The molecule has 0 aliphatic rings. The fourth-order valence-electron chi connectivity index (χ4n) is 2.19. The molecule has 0 spiro atoms. The number of ketones is 1. The molecular weight excluding hydrogens is 384 g/mol. The van der Waals surface area contributed by atoms with Crippen molar-refractivity contribution < 1.29 is 13.9 Å². The summed E-state index contributed by atoms with van der Waals surface area (Å²) in [5.74, 6) is -0.0279. The van der Waals surface area contributed by atoms with Crippen LogP contribution in [0.15, 0.2) is 39.3 Å². The normalized spacial score (nSPS) is 11.7. The summed E-state index contributed by atoms with van der Waals surface area (Å²) in [6.07, 6.45) is 0. The molecule has 1 aromatic carbocycles. The molecule has 7 nitrogen and oxygen atoms in total. The van der Waals surface area contributed by atoms with Crippen LogP contribution in [0.25, 0.3) is 0 Å². The molecule has 2 heterocycles. The first-order valence-corrected chi connectivity index (χ1v) is 9.90. The zero-order chi connectivity index (χ0) is 19.2. The maximum Gasteiger partial charge on any atom is 0.277 e. The van der Waals surface area contributed by atoms with Gasteiger partial charge in [-0.1, -0.05) is 23.9 Å². The maximum atomic E-state index is 12.3. The smallest absolute Gasteiger partial charge is 0.277 e. The van der Waals surface area contributed by atoms with Crippen LogP contribution in [0.4, 0.5) is 0 Å². The molecule has 0 saturated heterocycles. The molecule has 0 aliphatic carbocycles. The largest absolute Gasteiger partial charge is 0.484 e. The quantitative estimate of drug-likeness (QED) is 0.528. The van der Waals surface area contributed by atoms with Crippen molar-refractivity contribution in [2.75, 3.05) is 5.75 Å². The van der Waals surface area contributed by atoms with Gasteiger partial charge in [0, 0.05) is 11.1 Å².